The monoisotopic (exact) mass is 305 g/mol. The third-order valence-corrected chi connectivity index (χ3v) is 3.18. The normalized spacial score (nSPS) is 17.2. The summed E-state index contributed by atoms with van der Waals surface area (Å²) in [5.74, 6) is -3.38. The smallest absolute Gasteiger partial charge is 0.408 e. The Bertz CT molecular complexity index is 429. The highest BCUT2D eigenvalue weighted by molar-refractivity contribution is 5.94. The summed E-state index contributed by atoms with van der Waals surface area (Å²) in [5, 5.41) is 30.9. The first-order valence-corrected chi connectivity index (χ1v) is 6.56. The van der Waals surface area contributed by atoms with Crippen LogP contribution in [0.5, 0.6) is 0 Å². The first-order chi connectivity index (χ1) is 9.36. The van der Waals surface area contributed by atoms with E-state index in [4.69, 9.17) is 4.74 Å². The Balaban J connectivity index is 5.73. The van der Waals surface area contributed by atoms with E-state index in [0.29, 0.717) is 0 Å². The van der Waals surface area contributed by atoms with Gasteiger partial charge in [-0.25, -0.2) is 14.4 Å². The number of nitrogens with one attached hydrogen (secondary N) is 1. The number of ether oxygens (including phenoxy) is 1. The van der Waals surface area contributed by atoms with Crippen LogP contribution in [-0.2, 0) is 14.3 Å². The molecule has 4 N–H and O–H groups in total. The van der Waals surface area contributed by atoms with Gasteiger partial charge in [-0.1, -0.05) is 13.8 Å². The van der Waals surface area contributed by atoms with Crippen molar-refractivity contribution < 1.29 is 34.4 Å². The maximum Gasteiger partial charge on any atom is 0.408 e. The summed E-state index contributed by atoms with van der Waals surface area (Å²) in [4.78, 5) is 34.7. The van der Waals surface area contributed by atoms with Gasteiger partial charge in [0, 0.05) is 0 Å². The molecular formula is C13H23NO7. The molecule has 1 unspecified atom stereocenters. The number of aliphatic carboxylic acids is 2. The summed E-state index contributed by atoms with van der Waals surface area (Å²) in [6, 6.07) is 0. The van der Waals surface area contributed by atoms with Crippen molar-refractivity contribution in [3.05, 3.63) is 0 Å². The number of alkyl carbamates (subject to hydrolysis) is 1. The Hall–Kier alpha value is -1.83. The number of hydrogen-bond acceptors (Lipinski definition) is 5. The second kappa shape index (κ2) is 6.30. The Morgan fingerprint density at radius 3 is 1.71 bits per heavy atom. The van der Waals surface area contributed by atoms with Crippen molar-refractivity contribution in [2.24, 2.45) is 0 Å². The minimum atomic E-state index is -2.66. The predicted molar refractivity (Wildman–Crippen MR) is 72.9 cm³/mol. The lowest BCUT2D eigenvalue weighted by Gasteiger charge is -2.40. The molecule has 8 nitrogen and oxygen atoms in total. The van der Waals surface area contributed by atoms with Crippen LogP contribution in [0.3, 0.4) is 0 Å². The van der Waals surface area contributed by atoms with E-state index in [1.54, 1.807) is 20.8 Å². The molecule has 0 fully saturated rings. The largest absolute Gasteiger partial charge is 0.479 e. The summed E-state index contributed by atoms with van der Waals surface area (Å²) in [6.45, 7) is 7.39. The van der Waals surface area contributed by atoms with E-state index in [1.807, 2.05) is 5.32 Å². The maximum absolute atomic E-state index is 11.8. The number of carboxylic acids is 2. The van der Waals surface area contributed by atoms with Crippen molar-refractivity contribution in [3.63, 3.8) is 0 Å². The molecular weight excluding hydrogens is 282 g/mol. The fraction of sp³-hybridized carbons (Fsp3) is 0.769. The third kappa shape index (κ3) is 3.84. The molecule has 0 heterocycles. The van der Waals surface area contributed by atoms with Crippen molar-refractivity contribution >= 4 is 18.0 Å². The van der Waals surface area contributed by atoms with Gasteiger partial charge in [0.1, 0.15) is 5.60 Å². The molecule has 0 saturated heterocycles. The molecule has 0 aliphatic rings. The second-order valence-electron chi connectivity index (χ2n) is 5.71. The van der Waals surface area contributed by atoms with Crippen LogP contribution in [0.2, 0.25) is 0 Å². The van der Waals surface area contributed by atoms with Gasteiger partial charge in [-0.05, 0) is 33.6 Å². The van der Waals surface area contributed by atoms with Crippen LogP contribution in [-0.4, -0.2) is 50.1 Å². The number of aliphatic hydroxyl groups is 1. The van der Waals surface area contributed by atoms with E-state index in [-0.39, 0.29) is 6.42 Å². The van der Waals surface area contributed by atoms with Crippen molar-refractivity contribution in [1.82, 2.24) is 5.32 Å². The highest BCUT2D eigenvalue weighted by atomic mass is 16.6. The highest BCUT2D eigenvalue weighted by Gasteiger charge is 2.60. The van der Waals surface area contributed by atoms with E-state index in [1.165, 1.54) is 13.8 Å². The standard InChI is InChI=1S/C13H23NO7/c1-6-12(8(15)16,13(20,7-2)9(17)18)14-10(19)21-11(3,4)5/h20H,6-7H2,1-5H3,(H,14,19)(H,15,16)(H,17,18)/t12-,13?/m1/s1. The molecule has 0 aliphatic carbocycles. The fourth-order valence-electron chi connectivity index (χ4n) is 1.98. The van der Waals surface area contributed by atoms with Gasteiger partial charge in [0.2, 0.25) is 0 Å². The van der Waals surface area contributed by atoms with Gasteiger partial charge < -0.3 is 25.4 Å². The number of carbonyl (C=O) groups excluding carboxylic acids is 1. The maximum atomic E-state index is 11.8. The lowest BCUT2D eigenvalue weighted by atomic mass is 9.75. The van der Waals surface area contributed by atoms with Crippen molar-refractivity contribution in [3.8, 4) is 0 Å². The van der Waals surface area contributed by atoms with Gasteiger partial charge in [-0.2, -0.15) is 0 Å². The molecule has 0 aromatic rings. The van der Waals surface area contributed by atoms with Gasteiger partial charge in [0.25, 0.3) is 0 Å². The number of rotatable bonds is 6. The van der Waals surface area contributed by atoms with E-state index in [2.05, 4.69) is 0 Å². The molecule has 0 bridgehead atoms. The fourth-order valence-corrected chi connectivity index (χ4v) is 1.98. The molecule has 2 atom stereocenters. The first kappa shape index (κ1) is 19.2. The van der Waals surface area contributed by atoms with Gasteiger partial charge in [0.15, 0.2) is 11.1 Å². The van der Waals surface area contributed by atoms with Crippen LogP contribution in [0.15, 0.2) is 0 Å². The quantitative estimate of drug-likeness (QED) is 0.574. The third-order valence-electron chi connectivity index (χ3n) is 3.18. The molecule has 8 heteroatoms. The zero-order valence-corrected chi connectivity index (χ0v) is 12.9. The topological polar surface area (TPSA) is 133 Å². The summed E-state index contributed by atoms with van der Waals surface area (Å²) in [6.07, 6.45) is -1.85. The predicted octanol–water partition coefficient (Wildman–Crippen LogP) is 0.970. The molecule has 0 aromatic heterocycles. The Kier molecular flexibility index (Phi) is 5.75. The van der Waals surface area contributed by atoms with Gasteiger partial charge >= 0.3 is 18.0 Å². The number of carbonyl (C=O) groups is 3. The molecule has 0 saturated carbocycles. The molecule has 122 valence electrons. The molecule has 0 radical (unpaired) electrons. The molecule has 0 spiro atoms. The second-order valence-corrected chi connectivity index (χ2v) is 5.71. The number of amides is 1. The number of carboxylic acid groups (broad SMARTS) is 2. The molecule has 0 rings (SSSR count). The van der Waals surface area contributed by atoms with E-state index in [9.17, 15) is 29.7 Å². The minimum Gasteiger partial charge on any atom is -0.479 e. The van der Waals surface area contributed by atoms with Crippen molar-refractivity contribution in [2.75, 3.05) is 0 Å². The first-order valence-electron chi connectivity index (χ1n) is 6.56. The van der Waals surface area contributed by atoms with Crippen molar-refractivity contribution in [1.29, 1.82) is 0 Å². The molecule has 21 heavy (non-hydrogen) atoms. The summed E-state index contributed by atoms with van der Waals surface area (Å²) < 4.78 is 4.95. The zero-order chi connectivity index (χ0) is 17.1. The lowest BCUT2D eigenvalue weighted by Crippen LogP contribution is -2.71. The summed E-state index contributed by atoms with van der Waals surface area (Å²) in [7, 11) is 0. The SMILES string of the molecule is CCC(O)(C(=O)O)[C@](CC)(NC(=O)OC(C)(C)C)C(=O)O. The Morgan fingerprint density at radius 1 is 1.00 bits per heavy atom. The van der Waals surface area contributed by atoms with Gasteiger partial charge in [-0.15, -0.1) is 0 Å². The Labute approximate surface area is 123 Å². The average Bonchev–Trinajstić information content (AvgIpc) is 2.31. The number of hydrogen-bond donors (Lipinski definition) is 4. The summed E-state index contributed by atoms with van der Waals surface area (Å²) >= 11 is 0. The molecule has 0 aromatic carbocycles. The van der Waals surface area contributed by atoms with Crippen LogP contribution >= 0.6 is 0 Å². The van der Waals surface area contributed by atoms with Crippen molar-refractivity contribution in [2.45, 2.75) is 64.2 Å². The van der Waals surface area contributed by atoms with Crippen LogP contribution in [0.4, 0.5) is 4.79 Å². The van der Waals surface area contributed by atoms with Crippen LogP contribution in [0.25, 0.3) is 0 Å². The van der Waals surface area contributed by atoms with Gasteiger partial charge in [0.05, 0.1) is 0 Å². The van der Waals surface area contributed by atoms with Crippen LogP contribution < -0.4 is 5.32 Å². The summed E-state index contributed by atoms with van der Waals surface area (Å²) in [5.41, 5.74) is -5.95. The van der Waals surface area contributed by atoms with E-state index in [0.717, 1.165) is 0 Å². The van der Waals surface area contributed by atoms with Crippen LogP contribution in [0.1, 0.15) is 47.5 Å². The highest BCUT2D eigenvalue weighted by Crippen LogP contribution is 2.31. The van der Waals surface area contributed by atoms with Crippen LogP contribution in [0, 0.1) is 0 Å². The van der Waals surface area contributed by atoms with E-state index >= 15 is 0 Å². The zero-order valence-electron chi connectivity index (χ0n) is 12.9. The van der Waals surface area contributed by atoms with E-state index < -0.39 is 41.2 Å². The lowest BCUT2D eigenvalue weighted by molar-refractivity contribution is -0.181. The molecule has 1 amide bonds. The Morgan fingerprint density at radius 2 is 1.48 bits per heavy atom. The molecule has 0 aliphatic heterocycles. The minimum absolute atomic E-state index is 0.335. The van der Waals surface area contributed by atoms with Gasteiger partial charge in [-0.3, -0.25) is 0 Å². The average molecular weight is 305 g/mol.